The Morgan fingerprint density at radius 2 is 0.636 bits per heavy atom. The van der Waals surface area contributed by atoms with Gasteiger partial charge in [0.2, 0.25) is 0 Å². The summed E-state index contributed by atoms with van der Waals surface area (Å²) >= 11 is 0. The van der Waals surface area contributed by atoms with Crippen LogP contribution in [0.15, 0.2) is 206 Å². The van der Waals surface area contributed by atoms with Gasteiger partial charge in [0.1, 0.15) is 0 Å². The molecule has 0 saturated heterocycles. The second-order valence-electron chi connectivity index (χ2n) is 13.6. The second kappa shape index (κ2) is 13.8. The van der Waals surface area contributed by atoms with Gasteiger partial charge in [-0.2, -0.15) is 0 Å². The molecule has 4 nitrogen and oxygen atoms in total. The molecule has 10 aromatic rings. The van der Waals surface area contributed by atoms with Crippen LogP contribution in [0.1, 0.15) is 0 Å². The Hall–Kier alpha value is -7.43. The highest BCUT2D eigenvalue weighted by atomic mass is 15.0. The molecular formula is C51H34N4. The number of fused-ring (bicyclic) bond motifs is 3. The van der Waals surface area contributed by atoms with Gasteiger partial charge in [0, 0.05) is 33.0 Å². The maximum atomic E-state index is 5.15. The maximum absolute atomic E-state index is 5.15. The quantitative estimate of drug-likeness (QED) is 0.166. The average Bonchev–Trinajstić information content (AvgIpc) is 3.61. The maximum Gasteiger partial charge on any atom is 0.164 e. The Kier molecular flexibility index (Phi) is 8.12. The summed E-state index contributed by atoms with van der Waals surface area (Å²) in [5.41, 5.74) is 13.1. The molecule has 258 valence electrons. The molecule has 0 radical (unpaired) electrons. The van der Waals surface area contributed by atoms with E-state index in [4.69, 9.17) is 15.0 Å². The van der Waals surface area contributed by atoms with Crippen LogP contribution in [0.5, 0.6) is 0 Å². The van der Waals surface area contributed by atoms with Crippen LogP contribution in [0, 0.1) is 0 Å². The molecule has 0 fully saturated rings. The van der Waals surface area contributed by atoms with E-state index in [0.717, 1.165) is 50.2 Å². The van der Waals surface area contributed by atoms with Gasteiger partial charge in [-0.25, -0.2) is 15.0 Å². The van der Waals surface area contributed by atoms with Crippen molar-refractivity contribution in [3.05, 3.63) is 206 Å². The highest BCUT2D eigenvalue weighted by Crippen LogP contribution is 2.37. The molecule has 0 unspecified atom stereocenters. The predicted molar refractivity (Wildman–Crippen MR) is 227 cm³/mol. The van der Waals surface area contributed by atoms with Crippen molar-refractivity contribution in [3.63, 3.8) is 0 Å². The molecule has 0 amide bonds. The largest absolute Gasteiger partial charge is 0.309 e. The zero-order chi connectivity index (χ0) is 36.6. The number of para-hydroxylation sites is 3. The highest BCUT2D eigenvalue weighted by Gasteiger charge is 2.18. The number of rotatable bonds is 7. The van der Waals surface area contributed by atoms with Crippen LogP contribution in [-0.4, -0.2) is 19.5 Å². The summed E-state index contributed by atoms with van der Waals surface area (Å²) < 4.78 is 2.38. The first-order valence-electron chi connectivity index (χ1n) is 18.5. The number of benzene rings is 8. The molecule has 4 heteroatoms. The Labute approximate surface area is 319 Å². The van der Waals surface area contributed by atoms with Crippen molar-refractivity contribution in [3.8, 4) is 73.2 Å². The first kappa shape index (κ1) is 32.2. The lowest BCUT2D eigenvalue weighted by molar-refractivity contribution is 1.07. The molecule has 10 rings (SSSR count). The van der Waals surface area contributed by atoms with E-state index in [-0.39, 0.29) is 0 Å². The fourth-order valence-corrected chi connectivity index (χ4v) is 7.64. The van der Waals surface area contributed by atoms with Crippen molar-refractivity contribution < 1.29 is 0 Å². The number of hydrogen-bond donors (Lipinski definition) is 0. The lowest BCUT2D eigenvalue weighted by Crippen LogP contribution is -2.01. The van der Waals surface area contributed by atoms with E-state index in [1.807, 2.05) is 18.2 Å². The van der Waals surface area contributed by atoms with E-state index in [1.54, 1.807) is 0 Å². The summed E-state index contributed by atoms with van der Waals surface area (Å²) in [4.78, 5) is 15.4. The molecule has 2 aromatic heterocycles. The van der Waals surface area contributed by atoms with Gasteiger partial charge in [-0.05, 0) is 46.0 Å². The average molecular weight is 703 g/mol. The van der Waals surface area contributed by atoms with Gasteiger partial charge in [-0.1, -0.05) is 188 Å². The molecule has 0 bridgehead atoms. The van der Waals surface area contributed by atoms with Crippen LogP contribution in [0.2, 0.25) is 0 Å². The zero-order valence-corrected chi connectivity index (χ0v) is 29.9. The zero-order valence-electron chi connectivity index (χ0n) is 29.9. The van der Waals surface area contributed by atoms with Gasteiger partial charge >= 0.3 is 0 Å². The molecule has 0 spiro atoms. The third-order valence-corrected chi connectivity index (χ3v) is 10.3. The molecule has 0 atom stereocenters. The first-order chi connectivity index (χ1) is 27.3. The summed E-state index contributed by atoms with van der Waals surface area (Å²) in [5.74, 6) is 1.88. The molecule has 0 aliphatic carbocycles. The molecule has 2 heterocycles. The Morgan fingerprint density at radius 1 is 0.255 bits per heavy atom. The normalized spacial score (nSPS) is 11.3. The summed E-state index contributed by atoms with van der Waals surface area (Å²) in [6, 6.07) is 72.1. The van der Waals surface area contributed by atoms with Gasteiger partial charge in [0.25, 0.3) is 0 Å². The molecule has 55 heavy (non-hydrogen) atoms. The van der Waals surface area contributed by atoms with Crippen LogP contribution in [0.4, 0.5) is 0 Å². The minimum absolute atomic E-state index is 0.622. The van der Waals surface area contributed by atoms with E-state index < -0.39 is 0 Å². The van der Waals surface area contributed by atoms with E-state index in [0.29, 0.717) is 17.5 Å². The number of hydrogen-bond acceptors (Lipinski definition) is 3. The Bertz CT molecular complexity index is 2900. The molecule has 8 aromatic carbocycles. The van der Waals surface area contributed by atoms with Gasteiger partial charge in [-0.3, -0.25) is 0 Å². The van der Waals surface area contributed by atoms with Gasteiger partial charge in [-0.15, -0.1) is 0 Å². The third-order valence-electron chi connectivity index (χ3n) is 10.3. The molecule has 0 aliphatic rings. The van der Waals surface area contributed by atoms with Crippen LogP contribution in [-0.2, 0) is 0 Å². The summed E-state index contributed by atoms with van der Waals surface area (Å²) in [5, 5.41) is 2.49. The van der Waals surface area contributed by atoms with Gasteiger partial charge < -0.3 is 4.57 Å². The van der Waals surface area contributed by atoms with Crippen molar-refractivity contribution in [2.75, 3.05) is 0 Å². The summed E-state index contributed by atoms with van der Waals surface area (Å²) in [7, 11) is 0. The SMILES string of the molecule is c1ccc(-c2ccc(-c3nc(-c4ccc(-c5ccccc5-n5c6ccccc6c6ccccc65)cc4)nc(-c4ccccc4-c4ccccc4)n3)cc2)cc1. The smallest absolute Gasteiger partial charge is 0.164 e. The fraction of sp³-hybridized carbons (Fsp3) is 0. The summed E-state index contributed by atoms with van der Waals surface area (Å²) in [6.07, 6.45) is 0. The van der Waals surface area contributed by atoms with E-state index >= 15 is 0 Å². The van der Waals surface area contributed by atoms with Crippen LogP contribution >= 0.6 is 0 Å². The van der Waals surface area contributed by atoms with Gasteiger partial charge in [0.15, 0.2) is 17.5 Å². The van der Waals surface area contributed by atoms with Gasteiger partial charge in [0.05, 0.1) is 16.7 Å². The Balaban J connectivity index is 1.09. The fourth-order valence-electron chi connectivity index (χ4n) is 7.64. The Morgan fingerprint density at radius 3 is 1.24 bits per heavy atom. The first-order valence-corrected chi connectivity index (χ1v) is 18.5. The van der Waals surface area contributed by atoms with Crippen LogP contribution in [0.3, 0.4) is 0 Å². The highest BCUT2D eigenvalue weighted by molar-refractivity contribution is 6.09. The molecule has 0 aliphatic heterocycles. The minimum Gasteiger partial charge on any atom is -0.309 e. The van der Waals surface area contributed by atoms with Crippen molar-refractivity contribution in [1.29, 1.82) is 0 Å². The second-order valence-corrected chi connectivity index (χ2v) is 13.6. The number of aromatic nitrogens is 4. The van der Waals surface area contributed by atoms with E-state index in [1.165, 1.54) is 27.4 Å². The molecular weight excluding hydrogens is 669 g/mol. The standard InChI is InChI=1S/C51H34N4/c1-3-15-35(16-4-1)36-27-31-39(32-28-36)49-52-50(54-51(53-49)45-23-8-7-19-41(45)37-17-5-2-6-18-37)40-33-29-38(30-34-40)42-20-9-12-24-46(42)55-47-25-13-10-21-43(47)44-22-11-14-26-48(44)55/h1-34H. The summed E-state index contributed by atoms with van der Waals surface area (Å²) in [6.45, 7) is 0. The van der Waals surface area contributed by atoms with Crippen LogP contribution in [0.25, 0.3) is 95.0 Å². The molecule has 0 N–H and O–H groups in total. The van der Waals surface area contributed by atoms with Crippen molar-refractivity contribution in [1.82, 2.24) is 19.5 Å². The van der Waals surface area contributed by atoms with Crippen molar-refractivity contribution in [2.24, 2.45) is 0 Å². The van der Waals surface area contributed by atoms with Crippen molar-refractivity contribution in [2.45, 2.75) is 0 Å². The molecule has 0 saturated carbocycles. The lowest BCUT2D eigenvalue weighted by Gasteiger charge is -2.15. The van der Waals surface area contributed by atoms with Crippen molar-refractivity contribution >= 4 is 21.8 Å². The lowest BCUT2D eigenvalue weighted by atomic mass is 9.99. The monoisotopic (exact) mass is 702 g/mol. The van der Waals surface area contributed by atoms with E-state index in [2.05, 4.69) is 193 Å². The predicted octanol–water partition coefficient (Wildman–Crippen LogP) is 13.0. The number of nitrogens with zero attached hydrogens (tertiary/aromatic N) is 4. The van der Waals surface area contributed by atoms with Crippen LogP contribution < -0.4 is 0 Å². The topological polar surface area (TPSA) is 43.6 Å². The minimum atomic E-state index is 0.622. The van der Waals surface area contributed by atoms with E-state index in [9.17, 15) is 0 Å². The third kappa shape index (κ3) is 5.96.